The summed E-state index contributed by atoms with van der Waals surface area (Å²) in [6.45, 7) is 6.07. The first-order valence-electron chi connectivity index (χ1n) is 11.6. The van der Waals surface area contributed by atoms with Crippen LogP contribution in [0.1, 0.15) is 19.8 Å². The normalized spacial score (nSPS) is 18.8. The molecule has 0 amide bonds. The van der Waals surface area contributed by atoms with Gasteiger partial charge in [0.15, 0.2) is 16.6 Å². The first kappa shape index (κ1) is 24.7. The van der Waals surface area contributed by atoms with Crippen LogP contribution >= 0.6 is 11.3 Å². The van der Waals surface area contributed by atoms with Crippen molar-refractivity contribution < 1.29 is 29.3 Å². The third-order valence-corrected chi connectivity index (χ3v) is 7.16. The molecule has 0 radical (unpaired) electrons. The van der Waals surface area contributed by atoms with Crippen molar-refractivity contribution in [3.63, 3.8) is 0 Å². The first-order chi connectivity index (χ1) is 16.9. The van der Waals surface area contributed by atoms with Crippen LogP contribution in [0.15, 0.2) is 48.5 Å². The maximum Gasteiger partial charge on any atom is 0.414 e. The smallest absolute Gasteiger partial charge is 0.414 e. The van der Waals surface area contributed by atoms with Crippen LogP contribution in [0.4, 0.5) is 5.13 Å². The summed E-state index contributed by atoms with van der Waals surface area (Å²) in [5.74, 6) is -1.25. The quantitative estimate of drug-likeness (QED) is 0.450. The highest BCUT2D eigenvalue weighted by Gasteiger charge is 2.28. The molecule has 0 bridgehead atoms. The predicted octanol–water partition coefficient (Wildman–Crippen LogP) is 3.80. The third-order valence-electron chi connectivity index (χ3n) is 6.20. The van der Waals surface area contributed by atoms with Gasteiger partial charge in [-0.3, -0.25) is 4.90 Å². The minimum Gasteiger partial charge on any atom is -0.486 e. The van der Waals surface area contributed by atoms with Crippen molar-refractivity contribution in [1.82, 2.24) is 9.88 Å². The van der Waals surface area contributed by atoms with Gasteiger partial charge in [-0.05, 0) is 63.0 Å². The highest BCUT2D eigenvalue weighted by Crippen LogP contribution is 2.32. The zero-order valence-corrected chi connectivity index (χ0v) is 20.2. The van der Waals surface area contributed by atoms with Crippen molar-refractivity contribution in [2.24, 2.45) is 5.92 Å². The highest BCUT2D eigenvalue weighted by molar-refractivity contribution is 7.22. The van der Waals surface area contributed by atoms with Crippen LogP contribution in [-0.2, 0) is 9.59 Å². The molecule has 2 aromatic carbocycles. The van der Waals surface area contributed by atoms with Gasteiger partial charge in [0, 0.05) is 12.6 Å². The molecule has 1 saturated heterocycles. The molecule has 186 valence electrons. The summed E-state index contributed by atoms with van der Waals surface area (Å²) < 4.78 is 13.2. The number of ether oxygens (including phenoxy) is 2. The minimum atomic E-state index is -1.82. The molecule has 10 heteroatoms. The van der Waals surface area contributed by atoms with Crippen LogP contribution in [-0.4, -0.2) is 70.4 Å². The van der Waals surface area contributed by atoms with E-state index in [4.69, 9.17) is 34.3 Å². The molecule has 2 atom stereocenters. The van der Waals surface area contributed by atoms with E-state index in [9.17, 15) is 0 Å². The van der Waals surface area contributed by atoms with Crippen molar-refractivity contribution in [3.8, 4) is 11.5 Å². The monoisotopic (exact) mass is 499 g/mol. The molecule has 0 saturated carbocycles. The number of nitrogens with one attached hydrogen (secondary N) is 1. The lowest BCUT2D eigenvalue weighted by atomic mass is 9.90. The molecule has 1 fully saturated rings. The zero-order valence-electron chi connectivity index (χ0n) is 19.4. The van der Waals surface area contributed by atoms with Gasteiger partial charge in [-0.15, -0.1) is 0 Å². The van der Waals surface area contributed by atoms with E-state index in [0.717, 1.165) is 41.8 Å². The molecule has 2 unspecified atom stereocenters. The molecule has 3 heterocycles. The molecule has 3 N–H and O–H groups in total. The number of anilines is 1. The summed E-state index contributed by atoms with van der Waals surface area (Å²) in [6.07, 6.45) is 2.51. The molecule has 3 aromatic rings. The lowest BCUT2D eigenvalue weighted by molar-refractivity contribution is -0.159. The molecule has 9 nitrogen and oxygen atoms in total. The second-order valence-electron chi connectivity index (χ2n) is 8.67. The van der Waals surface area contributed by atoms with E-state index < -0.39 is 11.9 Å². The summed E-state index contributed by atoms with van der Waals surface area (Å²) in [6, 6.07) is 16.7. The van der Waals surface area contributed by atoms with Gasteiger partial charge >= 0.3 is 11.9 Å². The molecular weight excluding hydrogens is 470 g/mol. The van der Waals surface area contributed by atoms with Crippen molar-refractivity contribution >= 4 is 38.6 Å². The Labute approximate surface area is 207 Å². The van der Waals surface area contributed by atoms with E-state index in [1.54, 1.807) is 11.3 Å². The molecule has 2 aliphatic heterocycles. The molecule has 2 aliphatic rings. The van der Waals surface area contributed by atoms with Crippen molar-refractivity contribution in [1.29, 1.82) is 0 Å². The van der Waals surface area contributed by atoms with Gasteiger partial charge in [0.25, 0.3) is 0 Å². The largest absolute Gasteiger partial charge is 0.486 e. The van der Waals surface area contributed by atoms with Crippen molar-refractivity contribution in [2.45, 2.75) is 31.9 Å². The number of carboxylic acid groups (broad SMARTS) is 2. The fourth-order valence-corrected chi connectivity index (χ4v) is 5.29. The standard InChI is InChI=1S/C23H27N3O2S.C2H2O4/c1-16(24-23-25-19-6-2-5-9-22(19)29-23)17-10-12-26(13-11-17)14-18-15-27-20-7-3-4-8-21(20)28-18;3-1(4)2(5)6/h2-9,16-18H,10-15H2,1H3,(H,24,25);(H,3,4)(H,5,6). The van der Waals surface area contributed by atoms with E-state index in [-0.39, 0.29) is 6.10 Å². The van der Waals surface area contributed by atoms with Crippen molar-refractivity contribution in [3.05, 3.63) is 48.5 Å². The fourth-order valence-electron chi connectivity index (χ4n) is 4.32. The Balaban J connectivity index is 0.000000431. The number of likely N-dealkylation sites (tertiary alicyclic amines) is 1. The molecule has 35 heavy (non-hydrogen) atoms. The molecule has 5 rings (SSSR count). The fraction of sp³-hybridized carbons (Fsp3) is 0.400. The number of hydrogen-bond donors (Lipinski definition) is 3. The van der Waals surface area contributed by atoms with Gasteiger partial charge < -0.3 is 25.0 Å². The number of nitrogens with zero attached hydrogens (tertiary/aromatic N) is 2. The number of piperidine rings is 1. The number of benzene rings is 2. The number of aliphatic carboxylic acids is 2. The zero-order chi connectivity index (χ0) is 24.8. The predicted molar refractivity (Wildman–Crippen MR) is 133 cm³/mol. The highest BCUT2D eigenvalue weighted by atomic mass is 32.1. The van der Waals surface area contributed by atoms with E-state index in [0.29, 0.717) is 18.6 Å². The Morgan fingerprint density at radius 3 is 2.43 bits per heavy atom. The molecule has 0 aliphatic carbocycles. The maximum atomic E-state index is 9.10. The Bertz CT molecular complexity index is 1120. The number of para-hydroxylation sites is 3. The minimum absolute atomic E-state index is 0.111. The lowest BCUT2D eigenvalue weighted by Gasteiger charge is -2.37. The summed E-state index contributed by atoms with van der Waals surface area (Å²) in [5, 5.41) is 19.5. The summed E-state index contributed by atoms with van der Waals surface area (Å²) in [4.78, 5) is 25.4. The average molecular weight is 500 g/mol. The average Bonchev–Trinajstić information content (AvgIpc) is 3.27. The Hall–Kier alpha value is -3.37. The Morgan fingerprint density at radius 2 is 1.74 bits per heavy atom. The van der Waals surface area contributed by atoms with E-state index >= 15 is 0 Å². The molecular formula is C25H29N3O6S. The van der Waals surface area contributed by atoms with Gasteiger partial charge in [-0.1, -0.05) is 35.6 Å². The number of aromatic nitrogens is 1. The van der Waals surface area contributed by atoms with Gasteiger partial charge in [0.2, 0.25) is 0 Å². The summed E-state index contributed by atoms with van der Waals surface area (Å²) in [5.41, 5.74) is 1.08. The van der Waals surface area contributed by atoms with Crippen LogP contribution in [0.3, 0.4) is 0 Å². The summed E-state index contributed by atoms with van der Waals surface area (Å²) in [7, 11) is 0. The van der Waals surface area contributed by atoms with E-state index in [1.165, 1.54) is 17.5 Å². The van der Waals surface area contributed by atoms with Crippen LogP contribution in [0.25, 0.3) is 10.2 Å². The second kappa shape index (κ2) is 11.4. The molecule has 1 aromatic heterocycles. The maximum absolute atomic E-state index is 9.10. The molecule has 0 spiro atoms. The van der Waals surface area contributed by atoms with Gasteiger partial charge in [-0.2, -0.15) is 0 Å². The number of carboxylic acids is 2. The van der Waals surface area contributed by atoms with Crippen LogP contribution in [0.5, 0.6) is 11.5 Å². The van der Waals surface area contributed by atoms with E-state index in [1.807, 2.05) is 30.3 Å². The second-order valence-corrected chi connectivity index (χ2v) is 9.70. The number of carbonyl (C=O) groups is 2. The number of fused-ring (bicyclic) bond motifs is 2. The van der Waals surface area contributed by atoms with Gasteiger partial charge in [0.05, 0.1) is 10.2 Å². The first-order valence-corrected chi connectivity index (χ1v) is 12.4. The SMILES string of the molecule is CC(Nc1nc2ccccc2s1)C1CCN(CC2COc3ccccc3O2)CC1.O=C(O)C(=O)O. The number of thiazole rings is 1. The van der Waals surface area contributed by atoms with Gasteiger partial charge in [0.1, 0.15) is 12.7 Å². The number of hydrogen-bond acceptors (Lipinski definition) is 8. The van der Waals surface area contributed by atoms with Crippen LogP contribution in [0, 0.1) is 5.92 Å². The topological polar surface area (TPSA) is 121 Å². The summed E-state index contributed by atoms with van der Waals surface area (Å²) >= 11 is 1.74. The van der Waals surface area contributed by atoms with Crippen LogP contribution < -0.4 is 14.8 Å². The Kier molecular flexibility index (Phi) is 8.04. The van der Waals surface area contributed by atoms with Crippen LogP contribution in [0.2, 0.25) is 0 Å². The number of rotatable bonds is 5. The third kappa shape index (κ3) is 6.61. The lowest BCUT2D eigenvalue weighted by Crippen LogP contribution is -2.45. The Morgan fingerprint density at radius 1 is 1.09 bits per heavy atom. The van der Waals surface area contributed by atoms with Gasteiger partial charge in [-0.25, -0.2) is 14.6 Å². The van der Waals surface area contributed by atoms with Crippen molar-refractivity contribution in [2.75, 3.05) is 31.6 Å². The van der Waals surface area contributed by atoms with E-state index in [2.05, 4.69) is 35.3 Å².